The van der Waals surface area contributed by atoms with Gasteiger partial charge in [0.05, 0.1) is 11.5 Å². The van der Waals surface area contributed by atoms with Gasteiger partial charge in [0, 0.05) is 6.04 Å². The summed E-state index contributed by atoms with van der Waals surface area (Å²) in [6, 6.07) is 5.83. The summed E-state index contributed by atoms with van der Waals surface area (Å²) in [5.41, 5.74) is 8.60. The van der Waals surface area contributed by atoms with Crippen LogP contribution < -0.4 is 5.73 Å². The molecule has 0 heterocycles. The molecule has 0 fully saturated rings. The molecule has 3 nitrogen and oxygen atoms in total. The van der Waals surface area contributed by atoms with E-state index in [9.17, 15) is 8.42 Å². The molecule has 0 aliphatic carbocycles. The van der Waals surface area contributed by atoms with Gasteiger partial charge in [-0.25, -0.2) is 8.42 Å². The fraction of sp³-hybridized carbons (Fsp3) is 0.538. The van der Waals surface area contributed by atoms with E-state index in [1.54, 1.807) is 0 Å². The van der Waals surface area contributed by atoms with Crippen LogP contribution >= 0.6 is 0 Å². The second-order valence-electron chi connectivity index (χ2n) is 4.79. The van der Waals surface area contributed by atoms with E-state index in [-0.39, 0.29) is 17.5 Å². The van der Waals surface area contributed by atoms with Gasteiger partial charge in [0.15, 0.2) is 9.84 Å². The Kier molecular flexibility index (Phi) is 4.71. The Morgan fingerprint density at radius 3 is 2.53 bits per heavy atom. The van der Waals surface area contributed by atoms with Crippen LogP contribution in [-0.4, -0.2) is 20.2 Å². The minimum absolute atomic E-state index is 0.0663. The Balaban J connectivity index is 2.79. The van der Waals surface area contributed by atoms with Crippen molar-refractivity contribution in [3.8, 4) is 0 Å². The van der Waals surface area contributed by atoms with Gasteiger partial charge in [0.2, 0.25) is 0 Å². The third kappa shape index (κ3) is 4.88. The molecule has 0 aromatic heterocycles. The minimum atomic E-state index is -3.05. The van der Waals surface area contributed by atoms with Crippen LogP contribution in [0.2, 0.25) is 0 Å². The van der Waals surface area contributed by atoms with Crippen molar-refractivity contribution in [2.24, 2.45) is 5.73 Å². The molecule has 0 aliphatic heterocycles. The molecule has 2 N–H and O–H groups in total. The van der Waals surface area contributed by atoms with Crippen LogP contribution in [-0.2, 0) is 15.6 Å². The molecule has 1 unspecified atom stereocenters. The smallest absolute Gasteiger partial charge is 0.154 e. The zero-order valence-corrected chi connectivity index (χ0v) is 11.5. The van der Waals surface area contributed by atoms with Crippen molar-refractivity contribution in [1.82, 2.24) is 0 Å². The number of hydrogen-bond acceptors (Lipinski definition) is 3. The molecule has 4 heteroatoms. The van der Waals surface area contributed by atoms with Crippen molar-refractivity contribution in [2.45, 2.75) is 39.0 Å². The topological polar surface area (TPSA) is 60.2 Å². The Morgan fingerprint density at radius 2 is 1.94 bits per heavy atom. The van der Waals surface area contributed by atoms with Gasteiger partial charge in [-0.3, -0.25) is 0 Å². The lowest BCUT2D eigenvalue weighted by Crippen LogP contribution is -2.21. The molecule has 0 bridgehead atoms. The van der Waals surface area contributed by atoms with E-state index >= 15 is 0 Å². The third-order valence-electron chi connectivity index (χ3n) is 2.76. The van der Waals surface area contributed by atoms with Gasteiger partial charge in [-0.15, -0.1) is 0 Å². The average molecular weight is 255 g/mol. The maximum atomic E-state index is 11.9. The average Bonchev–Trinajstić information content (AvgIpc) is 2.20. The quantitative estimate of drug-likeness (QED) is 0.875. The van der Waals surface area contributed by atoms with Crippen LogP contribution in [0.5, 0.6) is 0 Å². The highest BCUT2D eigenvalue weighted by Gasteiger charge is 2.14. The van der Waals surface area contributed by atoms with E-state index in [1.165, 1.54) is 0 Å². The van der Waals surface area contributed by atoms with Gasteiger partial charge in [-0.05, 0) is 38.3 Å². The summed E-state index contributed by atoms with van der Waals surface area (Å²) in [7, 11) is -3.05. The second-order valence-corrected chi connectivity index (χ2v) is 6.97. The number of hydrogen-bond donors (Lipinski definition) is 1. The highest BCUT2D eigenvalue weighted by molar-refractivity contribution is 7.90. The molecule has 1 aromatic rings. The molecule has 1 atom stereocenters. The zero-order chi connectivity index (χ0) is 13.1. The van der Waals surface area contributed by atoms with E-state index in [0.29, 0.717) is 6.42 Å². The Labute approximate surface area is 104 Å². The van der Waals surface area contributed by atoms with Crippen molar-refractivity contribution in [2.75, 3.05) is 5.75 Å². The largest absolute Gasteiger partial charge is 0.328 e. The van der Waals surface area contributed by atoms with Crippen molar-refractivity contribution >= 4 is 9.84 Å². The molecular formula is C13H21NO2S. The molecule has 17 heavy (non-hydrogen) atoms. The van der Waals surface area contributed by atoms with Crippen molar-refractivity contribution in [3.63, 3.8) is 0 Å². The Bertz CT molecular complexity index is 478. The van der Waals surface area contributed by atoms with Crippen LogP contribution in [0, 0.1) is 13.8 Å². The maximum Gasteiger partial charge on any atom is 0.154 e. The summed E-state index contributed by atoms with van der Waals surface area (Å²) in [6.45, 7) is 5.74. The van der Waals surface area contributed by atoms with E-state index < -0.39 is 9.84 Å². The summed E-state index contributed by atoms with van der Waals surface area (Å²) >= 11 is 0. The lowest BCUT2D eigenvalue weighted by Gasteiger charge is -2.09. The fourth-order valence-corrected chi connectivity index (χ4v) is 3.29. The maximum absolute atomic E-state index is 11.9. The van der Waals surface area contributed by atoms with E-state index in [2.05, 4.69) is 0 Å². The van der Waals surface area contributed by atoms with Crippen LogP contribution in [0.1, 0.15) is 30.0 Å². The standard InChI is InChI=1S/C13H21NO2S/c1-10-4-5-11(2)13(8-10)9-17(15,16)7-6-12(3)14/h4-5,8,12H,6-7,9,14H2,1-3H3. The van der Waals surface area contributed by atoms with Crippen LogP contribution in [0.25, 0.3) is 0 Å². The summed E-state index contributed by atoms with van der Waals surface area (Å²) in [4.78, 5) is 0. The zero-order valence-electron chi connectivity index (χ0n) is 10.7. The molecule has 1 aromatic carbocycles. The fourth-order valence-electron chi connectivity index (χ4n) is 1.63. The van der Waals surface area contributed by atoms with E-state index in [1.807, 2.05) is 39.0 Å². The van der Waals surface area contributed by atoms with Crippen molar-refractivity contribution in [1.29, 1.82) is 0 Å². The Hall–Kier alpha value is -0.870. The first-order valence-electron chi connectivity index (χ1n) is 5.82. The molecule has 96 valence electrons. The first kappa shape index (κ1) is 14.2. The molecule has 0 amide bonds. The first-order chi connectivity index (χ1) is 7.80. The van der Waals surface area contributed by atoms with E-state index in [0.717, 1.165) is 16.7 Å². The second kappa shape index (κ2) is 5.65. The molecule has 0 saturated heterocycles. The summed E-state index contributed by atoms with van der Waals surface area (Å²) in [5.74, 6) is 0.283. The van der Waals surface area contributed by atoms with Crippen LogP contribution in [0.4, 0.5) is 0 Å². The molecular weight excluding hydrogens is 234 g/mol. The molecule has 1 rings (SSSR count). The summed E-state index contributed by atoms with van der Waals surface area (Å²) in [6.07, 6.45) is 0.521. The summed E-state index contributed by atoms with van der Waals surface area (Å²) < 4.78 is 23.8. The van der Waals surface area contributed by atoms with E-state index in [4.69, 9.17) is 5.73 Å². The highest BCUT2D eigenvalue weighted by Crippen LogP contribution is 2.15. The van der Waals surface area contributed by atoms with Gasteiger partial charge in [-0.2, -0.15) is 0 Å². The highest BCUT2D eigenvalue weighted by atomic mass is 32.2. The minimum Gasteiger partial charge on any atom is -0.328 e. The van der Waals surface area contributed by atoms with Gasteiger partial charge in [0.25, 0.3) is 0 Å². The molecule has 0 radical (unpaired) electrons. The van der Waals surface area contributed by atoms with Crippen LogP contribution in [0.15, 0.2) is 18.2 Å². The molecule has 0 aliphatic rings. The monoisotopic (exact) mass is 255 g/mol. The predicted molar refractivity (Wildman–Crippen MR) is 71.7 cm³/mol. The number of sulfone groups is 1. The summed E-state index contributed by atoms with van der Waals surface area (Å²) in [5, 5.41) is 0. The number of aryl methyl sites for hydroxylation is 2. The van der Waals surface area contributed by atoms with Gasteiger partial charge in [-0.1, -0.05) is 23.8 Å². The number of nitrogens with two attached hydrogens (primary N) is 1. The van der Waals surface area contributed by atoms with Gasteiger partial charge in [0.1, 0.15) is 0 Å². The SMILES string of the molecule is Cc1ccc(C)c(CS(=O)(=O)CCC(C)N)c1. The molecule has 0 saturated carbocycles. The predicted octanol–water partition coefficient (Wildman–Crippen LogP) is 1.96. The van der Waals surface area contributed by atoms with Crippen LogP contribution in [0.3, 0.4) is 0 Å². The van der Waals surface area contributed by atoms with Crippen molar-refractivity contribution < 1.29 is 8.42 Å². The lowest BCUT2D eigenvalue weighted by molar-refractivity contribution is 0.586. The normalized spacial score (nSPS) is 13.6. The Morgan fingerprint density at radius 1 is 1.29 bits per heavy atom. The number of benzene rings is 1. The lowest BCUT2D eigenvalue weighted by atomic mass is 10.1. The van der Waals surface area contributed by atoms with Gasteiger partial charge >= 0.3 is 0 Å². The third-order valence-corrected chi connectivity index (χ3v) is 4.37. The number of rotatable bonds is 5. The first-order valence-corrected chi connectivity index (χ1v) is 7.64. The van der Waals surface area contributed by atoms with Crippen molar-refractivity contribution in [3.05, 3.63) is 34.9 Å². The van der Waals surface area contributed by atoms with Gasteiger partial charge < -0.3 is 5.73 Å². The molecule has 0 spiro atoms.